The Morgan fingerprint density at radius 2 is 2.00 bits per heavy atom. The first kappa shape index (κ1) is 16.6. The summed E-state index contributed by atoms with van der Waals surface area (Å²) in [6.07, 6.45) is 7.29. The summed E-state index contributed by atoms with van der Waals surface area (Å²) in [5.74, 6) is -0.648. The number of benzene rings is 1. The van der Waals surface area contributed by atoms with Gasteiger partial charge in [0.1, 0.15) is 10.5 Å². The molecule has 0 spiro atoms. The first-order valence-electron chi connectivity index (χ1n) is 8.07. The fourth-order valence-electron chi connectivity index (χ4n) is 3.12. The fourth-order valence-corrected chi connectivity index (χ4v) is 3.99. The van der Waals surface area contributed by atoms with Crippen molar-refractivity contribution in [1.82, 2.24) is 10.3 Å². The van der Waals surface area contributed by atoms with Crippen LogP contribution < -0.4 is 5.32 Å². The summed E-state index contributed by atoms with van der Waals surface area (Å²) in [4.78, 5) is 28.9. The Morgan fingerprint density at radius 1 is 1.25 bits per heavy atom. The summed E-state index contributed by atoms with van der Waals surface area (Å²) >= 11 is 1.53. The lowest BCUT2D eigenvalue weighted by Crippen LogP contribution is -2.55. The van der Waals surface area contributed by atoms with E-state index in [-0.39, 0.29) is 11.9 Å². The van der Waals surface area contributed by atoms with Crippen molar-refractivity contribution >= 4 is 39.5 Å². The molecule has 0 bridgehead atoms. The molecule has 24 heavy (non-hydrogen) atoms. The Hall–Kier alpha value is -2.21. The van der Waals surface area contributed by atoms with Gasteiger partial charge in [0.2, 0.25) is 5.91 Å². The molecule has 0 radical (unpaired) electrons. The zero-order chi connectivity index (χ0) is 17.0. The Labute approximate surface area is 144 Å². The van der Waals surface area contributed by atoms with Crippen LogP contribution in [-0.4, -0.2) is 29.5 Å². The van der Waals surface area contributed by atoms with Gasteiger partial charge in [0.05, 0.1) is 17.3 Å². The van der Waals surface area contributed by atoms with Crippen LogP contribution in [0.4, 0.5) is 0 Å². The monoisotopic (exact) mass is 344 g/mol. The third-order valence-corrected chi connectivity index (χ3v) is 5.34. The highest BCUT2D eigenvalue weighted by Crippen LogP contribution is 2.29. The summed E-state index contributed by atoms with van der Waals surface area (Å²) in [6.45, 7) is 0. The molecule has 0 saturated heterocycles. The smallest absolute Gasteiger partial charge is 0.331 e. The van der Waals surface area contributed by atoms with Crippen molar-refractivity contribution in [2.24, 2.45) is 0 Å². The molecule has 1 aliphatic carbocycles. The van der Waals surface area contributed by atoms with E-state index in [1.807, 2.05) is 24.3 Å². The van der Waals surface area contributed by atoms with Crippen molar-refractivity contribution in [2.75, 3.05) is 7.11 Å². The number of hydrogen-bond donors (Lipinski definition) is 1. The Kier molecular flexibility index (Phi) is 4.94. The first-order chi connectivity index (χ1) is 11.6. The van der Waals surface area contributed by atoms with E-state index in [0.717, 1.165) is 34.5 Å². The summed E-state index contributed by atoms with van der Waals surface area (Å²) in [5, 5.41) is 3.63. The number of methoxy groups -OCH3 is 1. The minimum atomic E-state index is -0.887. The normalized spacial score (nSPS) is 17.0. The molecule has 6 heteroatoms. The van der Waals surface area contributed by atoms with Gasteiger partial charge in [-0.2, -0.15) is 0 Å². The average molecular weight is 344 g/mol. The molecule has 126 valence electrons. The summed E-state index contributed by atoms with van der Waals surface area (Å²) in [5.41, 5.74) is 0.0306. The van der Waals surface area contributed by atoms with Gasteiger partial charge in [-0.05, 0) is 31.1 Å². The third-order valence-electron chi connectivity index (χ3n) is 4.33. The van der Waals surface area contributed by atoms with Gasteiger partial charge < -0.3 is 10.1 Å². The number of fused-ring (bicyclic) bond motifs is 1. The van der Waals surface area contributed by atoms with Crippen molar-refractivity contribution < 1.29 is 14.3 Å². The largest absolute Gasteiger partial charge is 0.467 e. The Bertz CT molecular complexity index is 742. The van der Waals surface area contributed by atoms with E-state index in [0.29, 0.717) is 12.8 Å². The number of amides is 1. The van der Waals surface area contributed by atoms with Crippen LogP contribution in [0.2, 0.25) is 0 Å². The van der Waals surface area contributed by atoms with Crippen molar-refractivity contribution in [3.05, 3.63) is 35.3 Å². The fraction of sp³-hybridized carbons (Fsp3) is 0.389. The number of nitrogens with one attached hydrogen (secondary N) is 1. The Balaban J connectivity index is 1.72. The van der Waals surface area contributed by atoms with Gasteiger partial charge in [-0.15, -0.1) is 11.3 Å². The van der Waals surface area contributed by atoms with Crippen LogP contribution in [0, 0.1) is 0 Å². The quantitative estimate of drug-likeness (QED) is 0.682. The minimum Gasteiger partial charge on any atom is -0.467 e. The zero-order valence-electron chi connectivity index (χ0n) is 13.6. The van der Waals surface area contributed by atoms with Crippen LogP contribution in [-0.2, 0) is 14.3 Å². The first-order valence-corrected chi connectivity index (χ1v) is 8.89. The predicted octanol–water partition coefficient (Wildman–Crippen LogP) is 3.30. The van der Waals surface area contributed by atoms with Crippen LogP contribution in [0.3, 0.4) is 0 Å². The molecule has 1 N–H and O–H groups in total. The lowest BCUT2D eigenvalue weighted by molar-refractivity contribution is -0.152. The van der Waals surface area contributed by atoms with E-state index in [1.54, 1.807) is 6.08 Å². The summed E-state index contributed by atoms with van der Waals surface area (Å²) in [7, 11) is 1.36. The molecule has 0 atom stereocenters. The van der Waals surface area contributed by atoms with E-state index >= 15 is 0 Å². The molecule has 1 heterocycles. The second-order valence-corrected chi connectivity index (χ2v) is 7.04. The van der Waals surface area contributed by atoms with Crippen LogP contribution in [0.5, 0.6) is 0 Å². The number of thiazole rings is 1. The van der Waals surface area contributed by atoms with Crippen LogP contribution in [0.15, 0.2) is 30.3 Å². The SMILES string of the molecule is COC(=O)C1(NC(=O)/C=C/c2nc3ccccc3s2)CCCCC1. The highest BCUT2D eigenvalue weighted by atomic mass is 32.1. The van der Waals surface area contributed by atoms with Gasteiger partial charge >= 0.3 is 5.97 Å². The molecule has 1 aromatic heterocycles. The molecule has 1 aliphatic rings. The number of carbonyl (C=O) groups excluding carboxylic acids is 2. The number of hydrogen-bond acceptors (Lipinski definition) is 5. The van der Waals surface area contributed by atoms with Crippen molar-refractivity contribution in [1.29, 1.82) is 0 Å². The number of para-hydroxylation sites is 1. The number of ether oxygens (including phenoxy) is 1. The second kappa shape index (κ2) is 7.13. The van der Waals surface area contributed by atoms with Gasteiger partial charge in [-0.25, -0.2) is 9.78 Å². The zero-order valence-corrected chi connectivity index (χ0v) is 14.4. The average Bonchev–Trinajstić information content (AvgIpc) is 3.03. The van der Waals surface area contributed by atoms with E-state index in [2.05, 4.69) is 10.3 Å². The second-order valence-electron chi connectivity index (χ2n) is 5.98. The van der Waals surface area contributed by atoms with Gasteiger partial charge in [-0.3, -0.25) is 4.79 Å². The van der Waals surface area contributed by atoms with Gasteiger partial charge in [-0.1, -0.05) is 31.4 Å². The Morgan fingerprint density at radius 3 is 2.71 bits per heavy atom. The molecular weight excluding hydrogens is 324 g/mol. The molecular formula is C18H20N2O3S. The molecule has 3 rings (SSSR count). The summed E-state index contributed by atoms with van der Waals surface area (Å²) < 4.78 is 5.99. The third kappa shape index (κ3) is 3.48. The van der Waals surface area contributed by atoms with Gasteiger partial charge in [0.25, 0.3) is 0 Å². The van der Waals surface area contributed by atoms with E-state index < -0.39 is 5.54 Å². The standard InChI is InChI=1S/C18H20N2O3S/c1-23-17(22)18(11-5-2-6-12-18)20-15(21)9-10-16-19-13-7-3-4-8-14(13)24-16/h3-4,7-10H,2,5-6,11-12H2,1H3,(H,20,21)/b10-9+. The van der Waals surface area contributed by atoms with E-state index in [1.165, 1.54) is 24.5 Å². The van der Waals surface area contributed by atoms with Crippen LogP contribution in [0.25, 0.3) is 16.3 Å². The van der Waals surface area contributed by atoms with Crippen molar-refractivity contribution in [3.63, 3.8) is 0 Å². The number of aromatic nitrogens is 1. The van der Waals surface area contributed by atoms with Crippen molar-refractivity contribution in [3.8, 4) is 0 Å². The maximum atomic E-state index is 12.3. The molecule has 1 aromatic carbocycles. The number of esters is 1. The summed E-state index contributed by atoms with van der Waals surface area (Å²) in [6, 6.07) is 7.84. The molecule has 0 unspecified atom stereocenters. The van der Waals surface area contributed by atoms with Crippen LogP contribution >= 0.6 is 11.3 Å². The number of nitrogens with zero attached hydrogens (tertiary/aromatic N) is 1. The lowest BCUT2D eigenvalue weighted by atomic mass is 9.81. The minimum absolute atomic E-state index is 0.290. The molecule has 0 aliphatic heterocycles. The van der Waals surface area contributed by atoms with Gasteiger partial charge in [0.15, 0.2) is 0 Å². The highest BCUT2D eigenvalue weighted by molar-refractivity contribution is 7.19. The van der Waals surface area contributed by atoms with E-state index in [4.69, 9.17) is 4.74 Å². The molecule has 1 amide bonds. The maximum Gasteiger partial charge on any atom is 0.331 e. The number of rotatable bonds is 4. The van der Waals surface area contributed by atoms with Gasteiger partial charge in [0, 0.05) is 6.08 Å². The lowest BCUT2D eigenvalue weighted by Gasteiger charge is -2.34. The molecule has 2 aromatic rings. The molecule has 1 saturated carbocycles. The molecule has 1 fully saturated rings. The van der Waals surface area contributed by atoms with Crippen LogP contribution in [0.1, 0.15) is 37.1 Å². The maximum absolute atomic E-state index is 12.3. The van der Waals surface area contributed by atoms with E-state index in [9.17, 15) is 9.59 Å². The molecule has 5 nitrogen and oxygen atoms in total. The highest BCUT2D eigenvalue weighted by Gasteiger charge is 2.41. The topological polar surface area (TPSA) is 68.3 Å². The number of carbonyl (C=O) groups is 2. The van der Waals surface area contributed by atoms with Crippen molar-refractivity contribution in [2.45, 2.75) is 37.6 Å². The predicted molar refractivity (Wildman–Crippen MR) is 94.6 cm³/mol.